The molecule has 0 bridgehead atoms. The van der Waals surface area contributed by atoms with E-state index in [4.69, 9.17) is 0 Å². The van der Waals surface area contributed by atoms with Gasteiger partial charge in [0.15, 0.2) is 0 Å². The molecular formula is C22H31N3O2S. The van der Waals surface area contributed by atoms with Gasteiger partial charge in [-0.3, -0.25) is 4.90 Å². The maximum Gasteiger partial charge on any atom is 0.318 e. The summed E-state index contributed by atoms with van der Waals surface area (Å²) in [5.41, 5.74) is 3.55. The molecule has 5 nitrogen and oxygen atoms in total. The van der Waals surface area contributed by atoms with Gasteiger partial charge in [0.1, 0.15) is 0 Å². The maximum atomic E-state index is 12.7. The van der Waals surface area contributed by atoms with E-state index in [9.17, 15) is 9.90 Å². The Morgan fingerprint density at radius 1 is 1.11 bits per heavy atom. The minimum Gasteiger partial charge on any atom is -0.395 e. The molecule has 1 aromatic carbocycles. The molecular weight excluding hydrogens is 370 g/mol. The Morgan fingerprint density at radius 2 is 1.86 bits per heavy atom. The number of nitrogens with zero attached hydrogens (tertiary/aromatic N) is 2. The van der Waals surface area contributed by atoms with E-state index in [1.165, 1.54) is 36.8 Å². The number of nitrogens with one attached hydrogen (secondary N) is 1. The SMILES string of the molecule is O=C(NCc1ccccc1CN1CCCCCC1)N(CCO)Cc1ccsc1. The lowest BCUT2D eigenvalue weighted by Gasteiger charge is -2.24. The highest BCUT2D eigenvalue weighted by molar-refractivity contribution is 7.07. The van der Waals surface area contributed by atoms with Gasteiger partial charge in [-0.2, -0.15) is 11.3 Å². The van der Waals surface area contributed by atoms with Crippen LogP contribution < -0.4 is 5.32 Å². The van der Waals surface area contributed by atoms with Gasteiger partial charge in [-0.1, -0.05) is 37.1 Å². The topological polar surface area (TPSA) is 55.8 Å². The molecule has 1 aliphatic rings. The van der Waals surface area contributed by atoms with Crippen LogP contribution in [0, 0.1) is 0 Å². The number of hydrogen-bond acceptors (Lipinski definition) is 4. The Bertz CT molecular complexity index is 712. The number of carbonyl (C=O) groups excluding carboxylic acids is 1. The molecule has 2 N–H and O–H groups in total. The summed E-state index contributed by atoms with van der Waals surface area (Å²) in [5, 5.41) is 16.4. The van der Waals surface area contributed by atoms with Crippen LogP contribution in [0.2, 0.25) is 0 Å². The van der Waals surface area contributed by atoms with E-state index in [0.717, 1.165) is 25.2 Å². The molecule has 3 rings (SSSR count). The summed E-state index contributed by atoms with van der Waals surface area (Å²) < 4.78 is 0. The van der Waals surface area contributed by atoms with Crippen molar-refractivity contribution in [1.29, 1.82) is 0 Å². The van der Waals surface area contributed by atoms with Crippen LogP contribution >= 0.6 is 11.3 Å². The highest BCUT2D eigenvalue weighted by atomic mass is 32.1. The summed E-state index contributed by atoms with van der Waals surface area (Å²) in [7, 11) is 0. The van der Waals surface area contributed by atoms with Crippen LogP contribution in [-0.4, -0.2) is 47.2 Å². The third-order valence-corrected chi connectivity index (χ3v) is 5.98. The first-order valence-electron chi connectivity index (χ1n) is 10.2. The molecule has 1 aromatic heterocycles. The molecule has 28 heavy (non-hydrogen) atoms. The minimum absolute atomic E-state index is 0.0386. The van der Waals surface area contributed by atoms with E-state index >= 15 is 0 Å². The third kappa shape index (κ3) is 6.33. The first-order valence-corrected chi connectivity index (χ1v) is 11.1. The Morgan fingerprint density at radius 3 is 2.54 bits per heavy atom. The van der Waals surface area contributed by atoms with Crippen LogP contribution in [0.1, 0.15) is 42.4 Å². The number of carbonyl (C=O) groups is 1. The van der Waals surface area contributed by atoms with Gasteiger partial charge in [-0.05, 0) is 59.4 Å². The summed E-state index contributed by atoms with van der Waals surface area (Å²) in [5.74, 6) is 0. The zero-order chi connectivity index (χ0) is 19.6. The van der Waals surface area contributed by atoms with Gasteiger partial charge < -0.3 is 15.3 Å². The Labute approximate surface area is 172 Å². The highest BCUT2D eigenvalue weighted by Gasteiger charge is 2.15. The van der Waals surface area contributed by atoms with E-state index in [-0.39, 0.29) is 12.6 Å². The van der Waals surface area contributed by atoms with Crippen molar-refractivity contribution in [3.8, 4) is 0 Å². The lowest BCUT2D eigenvalue weighted by molar-refractivity contribution is 0.173. The van der Waals surface area contributed by atoms with Crippen molar-refractivity contribution in [2.75, 3.05) is 26.2 Å². The van der Waals surface area contributed by atoms with Crippen LogP contribution in [-0.2, 0) is 19.6 Å². The fraction of sp³-hybridized carbons (Fsp3) is 0.500. The molecule has 0 radical (unpaired) electrons. The molecule has 0 spiro atoms. The van der Waals surface area contributed by atoms with Gasteiger partial charge in [0.25, 0.3) is 0 Å². The number of likely N-dealkylation sites (tertiary alicyclic amines) is 1. The minimum atomic E-state index is -0.134. The standard InChI is InChI=1S/C22H31N3O2S/c26-13-12-25(16-19-9-14-28-18-19)22(27)23-15-20-7-3-4-8-21(20)17-24-10-5-1-2-6-11-24/h3-4,7-9,14,18,26H,1-2,5-6,10-13,15-17H2,(H,23,27). The molecule has 2 aromatic rings. The number of benzene rings is 1. The zero-order valence-corrected chi connectivity index (χ0v) is 17.3. The Kier molecular flexibility index (Phi) is 8.33. The van der Waals surface area contributed by atoms with Crippen LogP contribution in [0.4, 0.5) is 4.79 Å². The summed E-state index contributed by atoms with van der Waals surface area (Å²) in [6, 6.07) is 10.3. The molecule has 0 saturated carbocycles. The normalized spacial score (nSPS) is 15.2. The van der Waals surface area contributed by atoms with Crippen LogP contribution in [0.5, 0.6) is 0 Å². The number of urea groups is 1. The van der Waals surface area contributed by atoms with Gasteiger partial charge >= 0.3 is 6.03 Å². The molecule has 2 amide bonds. The lowest BCUT2D eigenvalue weighted by Crippen LogP contribution is -2.40. The van der Waals surface area contributed by atoms with Crippen LogP contribution in [0.25, 0.3) is 0 Å². The van der Waals surface area contributed by atoms with Gasteiger partial charge in [0, 0.05) is 26.2 Å². The smallest absolute Gasteiger partial charge is 0.318 e. The Hall–Kier alpha value is -1.89. The number of thiophene rings is 1. The zero-order valence-electron chi connectivity index (χ0n) is 16.5. The van der Waals surface area contributed by atoms with Crippen molar-refractivity contribution in [1.82, 2.24) is 15.1 Å². The first-order chi connectivity index (χ1) is 13.8. The van der Waals surface area contributed by atoms with Crippen LogP contribution in [0.3, 0.4) is 0 Å². The molecule has 1 fully saturated rings. The second kappa shape index (κ2) is 11.2. The van der Waals surface area contributed by atoms with E-state index in [2.05, 4.69) is 28.4 Å². The fourth-order valence-electron chi connectivity index (χ4n) is 3.68. The molecule has 1 aliphatic heterocycles. The van der Waals surface area contributed by atoms with Crippen molar-refractivity contribution >= 4 is 17.4 Å². The molecule has 152 valence electrons. The number of aliphatic hydroxyl groups excluding tert-OH is 1. The summed E-state index contributed by atoms with van der Waals surface area (Å²) in [6.45, 7) is 4.58. The van der Waals surface area contributed by atoms with Crippen molar-refractivity contribution in [2.24, 2.45) is 0 Å². The van der Waals surface area contributed by atoms with E-state index in [1.807, 2.05) is 22.9 Å². The molecule has 2 heterocycles. The second-order valence-electron chi connectivity index (χ2n) is 7.39. The maximum absolute atomic E-state index is 12.7. The molecule has 0 unspecified atom stereocenters. The molecule has 0 aliphatic carbocycles. The predicted molar refractivity (Wildman–Crippen MR) is 114 cm³/mol. The summed E-state index contributed by atoms with van der Waals surface area (Å²) >= 11 is 1.62. The van der Waals surface area contributed by atoms with Crippen molar-refractivity contribution in [3.05, 3.63) is 57.8 Å². The number of amides is 2. The number of rotatable bonds is 8. The van der Waals surface area contributed by atoms with Crippen molar-refractivity contribution < 1.29 is 9.90 Å². The first kappa shape index (κ1) is 20.8. The quantitative estimate of drug-likeness (QED) is 0.707. The van der Waals surface area contributed by atoms with E-state index in [0.29, 0.717) is 19.6 Å². The number of aliphatic hydroxyl groups is 1. The average molecular weight is 402 g/mol. The lowest BCUT2D eigenvalue weighted by atomic mass is 10.1. The predicted octanol–water partition coefficient (Wildman–Crippen LogP) is 3.83. The molecule has 6 heteroatoms. The summed E-state index contributed by atoms with van der Waals surface area (Å²) in [6.07, 6.45) is 5.22. The fourth-order valence-corrected chi connectivity index (χ4v) is 4.34. The van der Waals surface area contributed by atoms with Crippen molar-refractivity contribution in [3.63, 3.8) is 0 Å². The van der Waals surface area contributed by atoms with Gasteiger partial charge in [0.2, 0.25) is 0 Å². The molecule has 0 atom stereocenters. The molecule has 1 saturated heterocycles. The average Bonchev–Trinajstić information content (AvgIpc) is 3.09. The van der Waals surface area contributed by atoms with Gasteiger partial charge in [-0.25, -0.2) is 4.79 Å². The summed E-state index contributed by atoms with van der Waals surface area (Å²) in [4.78, 5) is 16.9. The monoisotopic (exact) mass is 401 g/mol. The largest absolute Gasteiger partial charge is 0.395 e. The van der Waals surface area contributed by atoms with E-state index in [1.54, 1.807) is 16.2 Å². The Balaban J connectivity index is 1.58. The number of hydrogen-bond donors (Lipinski definition) is 2. The van der Waals surface area contributed by atoms with Crippen LogP contribution in [0.15, 0.2) is 41.1 Å². The van der Waals surface area contributed by atoms with E-state index < -0.39 is 0 Å². The third-order valence-electron chi connectivity index (χ3n) is 5.25. The second-order valence-corrected chi connectivity index (χ2v) is 8.17. The van der Waals surface area contributed by atoms with Gasteiger partial charge in [-0.15, -0.1) is 0 Å². The highest BCUT2D eigenvalue weighted by Crippen LogP contribution is 2.16. The van der Waals surface area contributed by atoms with Crippen molar-refractivity contribution in [2.45, 2.75) is 45.3 Å². The van der Waals surface area contributed by atoms with Gasteiger partial charge in [0.05, 0.1) is 6.61 Å².